The summed E-state index contributed by atoms with van der Waals surface area (Å²) < 4.78 is 0. The van der Waals surface area contributed by atoms with Crippen LogP contribution in [0.25, 0.3) is 0 Å². The van der Waals surface area contributed by atoms with Gasteiger partial charge >= 0.3 is 0 Å². The predicted molar refractivity (Wildman–Crippen MR) is 135 cm³/mol. The van der Waals surface area contributed by atoms with Crippen LogP contribution in [0.5, 0.6) is 5.75 Å². The zero-order valence-corrected chi connectivity index (χ0v) is 20.1. The van der Waals surface area contributed by atoms with Crippen LogP contribution in [-0.4, -0.2) is 59.8 Å². The number of nitrogens with one attached hydrogen (secondary N) is 1. The maximum absolute atomic E-state index is 12.3. The standard InChI is InChI=1S/C27H36N4O2/c1-5-7-22-8-6-9-23(26(22)33)18-28-29-25(32)20-31-16-14-30(15-17-31)19-21-10-12-24(13-11-21)27(2,3)4/h5-6,8-13,18,33H,1,7,14-17,19-20H2,2-4H3,(H,29,32)/b28-18+. The molecule has 6 heteroatoms. The van der Waals surface area contributed by atoms with Gasteiger partial charge in [-0.2, -0.15) is 5.10 Å². The molecule has 1 amide bonds. The average molecular weight is 449 g/mol. The first kappa shape index (κ1) is 24.7. The van der Waals surface area contributed by atoms with E-state index in [4.69, 9.17) is 0 Å². The van der Waals surface area contributed by atoms with Crippen LogP contribution >= 0.6 is 0 Å². The van der Waals surface area contributed by atoms with Crippen molar-refractivity contribution in [3.63, 3.8) is 0 Å². The summed E-state index contributed by atoms with van der Waals surface area (Å²) in [4.78, 5) is 16.9. The highest BCUT2D eigenvalue weighted by atomic mass is 16.3. The second-order valence-electron chi connectivity index (χ2n) is 9.64. The molecule has 1 aliphatic rings. The normalized spacial score (nSPS) is 15.6. The summed E-state index contributed by atoms with van der Waals surface area (Å²) in [5, 5.41) is 14.3. The van der Waals surface area contributed by atoms with Crippen LogP contribution in [-0.2, 0) is 23.2 Å². The Labute approximate surface area is 197 Å². The third-order valence-corrected chi connectivity index (χ3v) is 5.97. The summed E-state index contributed by atoms with van der Waals surface area (Å²) in [6, 6.07) is 14.4. The molecule has 0 radical (unpaired) electrons. The number of amides is 1. The zero-order valence-electron chi connectivity index (χ0n) is 20.1. The Kier molecular flexibility index (Phi) is 8.42. The number of hydrogen-bond acceptors (Lipinski definition) is 5. The number of para-hydroxylation sites is 1. The Morgan fingerprint density at radius 3 is 2.39 bits per heavy atom. The number of allylic oxidation sites excluding steroid dienone is 1. The zero-order chi connectivity index (χ0) is 23.8. The third kappa shape index (κ3) is 7.27. The molecular weight excluding hydrogens is 412 g/mol. The Morgan fingerprint density at radius 2 is 1.76 bits per heavy atom. The van der Waals surface area contributed by atoms with E-state index in [1.165, 1.54) is 17.3 Å². The summed E-state index contributed by atoms with van der Waals surface area (Å²) >= 11 is 0. The molecule has 1 aliphatic heterocycles. The fourth-order valence-corrected chi connectivity index (χ4v) is 3.92. The predicted octanol–water partition coefficient (Wildman–Crippen LogP) is 3.69. The minimum Gasteiger partial charge on any atom is -0.507 e. The van der Waals surface area contributed by atoms with Crippen molar-refractivity contribution in [3.05, 3.63) is 77.4 Å². The van der Waals surface area contributed by atoms with Crippen molar-refractivity contribution in [1.29, 1.82) is 0 Å². The molecular formula is C27H36N4O2. The van der Waals surface area contributed by atoms with Gasteiger partial charge < -0.3 is 5.11 Å². The number of phenolic OH excluding ortho intramolecular Hbond substituents is 1. The molecule has 0 spiro atoms. The molecule has 1 fully saturated rings. The van der Waals surface area contributed by atoms with Crippen molar-refractivity contribution in [3.8, 4) is 5.75 Å². The van der Waals surface area contributed by atoms with Crippen LogP contribution in [0.1, 0.15) is 43.0 Å². The van der Waals surface area contributed by atoms with Crippen LogP contribution in [0.15, 0.2) is 60.2 Å². The molecule has 0 aliphatic carbocycles. The molecule has 0 saturated carbocycles. The Balaban J connectivity index is 1.42. The molecule has 33 heavy (non-hydrogen) atoms. The van der Waals surface area contributed by atoms with Gasteiger partial charge in [0, 0.05) is 38.3 Å². The van der Waals surface area contributed by atoms with Gasteiger partial charge in [-0.1, -0.05) is 63.2 Å². The lowest BCUT2D eigenvalue weighted by Crippen LogP contribution is -2.48. The lowest BCUT2D eigenvalue weighted by molar-refractivity contribution is -0.122. The van der Waals surface area contributed by atoms with Gasteiger partial charge in [0.1, 0.15) is 5.75 Å². The van der Waals surface area contributed by atoms with E-state index in [0.717, 1.165) is 38.3 Å². The Hall–Kier alpha value is -2.96. The van der Waals surface area contributed by atoms with E-state index >= 15 is 0 Å². The van der Waals surface area contributed by atoms with Gasteiger partial charge in [0.15, 0.2) is 0 Å². The van der Waals surface area contributed by atoms with Gasteiger partial charge in [0.05, 0.1) is 12.8 Å². The second kappa shape index (κ2) is 11.3. The van der Waals surface area contributed by atoms with E-state index in [1.54, 1.807) is 12.1 Å². The van der Waals surface area contributed by atoms with Gasteiger partial charge in [-0.3, -0.25) is 14.6 Å². The fraction of sp³-hybridized carbons (Fsp3) is 0.407. The van der Waals surface area contributed by atoms with E-state index < -0.39 is 0 Å². The van der Waals surface area contributed by atoms with Crippen molar-refractivity contribution in [1.82, 2.24) is 15.2 Å². The number of hydrazone groups is 1. The van der Waals surface area contributed by atoms with Crippen LogP contribution in [0.3, 0.4) is 0 Å². The van der Waals surface area contributed by atoms with Gasteiger partial charge in [-0.25, -0.2) is 5.43 Å². The quantitative estimate of drug-likeness (QED) is 0.367. The number of rotatable bonds is 8. The third-order valence-electron chi connectivity index (χ3n) is 5.97. The molecule has 2 aromatic rings. The SMILES string of the molecule is C=CCc1cccc(/C=N/NC(=O)CN2CCN(Cc3ccc(C(C)(C)C)cc3)CC2)c1O. The molecule has 3 rings (SSSR count). The highest BCUT2D eigenvalue weighted by molar-refractivity contribution is 5.86. The van der Waals surface area contributed by atoms with Crippen LogP contribution in [0.4, 0.5) is 0 Å². The summed E-state index contributed by atoms with van der Waals surface area (Å²) in [6.07, 6.45) is 3.79. The van der Waals surface area contributed by atoms with E-state index in [0.29, 0.717) is 18.5 Å². The molecule has 6 nitrogen and oxygen atoms in total. The van der Waals surface area contributed by atoms with E-state index in [1.807, 2.05) is 12.1 Å². The van der Waals surface area contributed by atoms with Gasteiger partial charge in [-0.05, 0) is 34.6 Å². The van der Waals surface area contributed by atoms with E-state index in [9.17, 15) is 9.90 Å². The molecule has 1 heterocycles. The van der Waals surface area contributed by atoms with Gasteiger partial charge in [0.25, 0.3) is 5.91 Å². The summed E-state index contributed by atoms with van der Waals surface area (Å²) in [5.74, 6) is 0.0128. The molecule has 0 bridgehead atoms. The summed E-state index contributed by atoms with van der Waals surface area (Å²) in [5.41, 5.74) is 6.76. The van der Waals surface area contributed by atoms with Gasteiger partial charge in [0.2, 0.25) is 0 Å². The largest absolute Gasteiger partial charge is 0.507 e. The maximum atomic E-state index is 12.3. The fourth-order valence-electron chi connectivity index (χ4n) is 3.92. The second-order valence-corrected chi connectivity index (χ2v) is 9.64. The van der Waals surface area contributed by atoms with Crippen LogP contribution < -0.4 is 5.43 Å². The van der Waals surface area contributed by atoms with E-state index in [2.05, 4.69) is 71.9 Å². The number of aromatic hydroxyl groups is 1. The Morgan fingerprint density at radius 1 is 1.09 bits per heavy atom. The van der Waals surface area contributed by atoms with Crippen molar-refractivity contribution in [2.45, 2.75) is 39.2 Å². The van der Waals surface area contributed by atoms with E-state index in [-0.39, 0.29) is 17.1 Å². The van der Waals surface area contributed by atoms with Crippen LogP contribution in [0.2, 0.25) is 0 Å². The number of piperazine rings is 1. The Bertz CT molecular complexity index is 969. The minimum absolute atomic E-state index is 0.154. The smallest absolute Gasteiger partial charge is 0.254 e. The van der Waals surface area contributed by atoms with Crippen molar-refractivity contribution in [2.75, 3.05) is 32.7 Å². The highest BCUT2D eigenvalue weighted by Crippen LogP contribution is 2.23. The summed E-state index contributed by atoms with van der Waals surface area (Å²) in [7, 11) is 0. The molecule has 0 aromatic heterocycles. The number of carbonyl (C=O) groups is 1. The number of hydrogen-bond donors (Lipinski definition) is 2. The number of carbonyl (C=O) groups excluding carboxylic acids is 1. The number of phenols is 1. The van der Waals surface area contributed by atoms with Gasteiger partial charge in [-0.15, -0.1) is 6.58 Å². The number of benzene rings is 2. The monoisotopic (exact) mass is 448 g/mol. The average Bonchev–Trinajstić information content (AvgIpc) is 2.77. The molecule has 0 atom stereocenters. The first-order chi connectivity index (χ1) is 15.8. The van der Waals surface area contributed by atoms with Crippen LogP contribution in [0, 0.1) is 0 Å². The minimum atomic E-state index is -0.154. The molecule has 2 N–H and O–H groups in total. The van der Waals surface area contributed by atoms with Crippen molar-refractivity contribution in [2.24, 2.45) is 5.10 Å². The molecule has 0 unspecified atom stereocenters. The topological polar surface area (TPSA) is 68.2 Å². The molecule has 176 valence electrons. The highest BCUT2D eigenvalue weighted by Gasteiger charge is 2.19. The number of nitrogens with zero attached hydrogens (tertiary/aromatic N) is 3. The van der Waals surface area contributed by atoms with Crippen molar-refractivity contribution >= 4 is 12.1 Å². The molecule has 2 aromatic carbocycles. The summed E-state index contributed by atoms with van der Waals surface area (Å²) in [6.45, 7) is 15.2. The lowest BCUT2D eigenvalue weighted by atomic mass is 9.87. The van der Waals surface area contributed by atoms with Crippen molar-refractivity contribution < 1.29 is 9.90 Å². The first-order valence-corrected chi connectivity index (χ1v) is 11.5. The first-order valence-electron chi connectivity index (χ1n) is 11.5. The lowest BCUT2D eigenvalue weighted by Gasteiger charge is -2.34. The molecule has 1 saturated heterocycles. The maximum Gasteiger partial charge on any atom is 0.254 e.